The van der Waals surface area contributed by atoms with Crippen molar-refractivity contribution in [1.29, 1.82) is 0 Å². The average molecular weight is 1210 g/mol. The minimum atomic E-state index is -0.847. The van der Waals surface area contributed by atoms with Crippen molar-refractivity contribution in [2.75, 3.05) is 13.2 Å². The van der Waals surface area contributed by atoms with Gasteiger partial charge in [-0.3, -0.25) is 9.59 Å². The number of esters is 1. The molecule has 2 unspecified atom stereocenters. The van der Waals surface area contributed by atoms with Crippen molar-refractivity contribution in [2.45, 2.75) is 437 Å². The quantitative estimate of drug-likeness (QED) is 0.0320. The summed E-state index contributed by atoms with van der Waals surface area (Å²) in [5.74, 6) is -0.0535. The third kappa shape index (κ3) is 70.9. The molecule has 0 aliphatic heterocycles. The summed E-state index contributed by atoms with van der Waals surface area (Å²) in [5.41, 5.74) is 0. The monoisotopic (exact) mass is 1210 g/mol. The predicted octanol–water partition coefficient (Wildman–Crippen LogP) is 25.6. The molecule has 0 aliphatic rings. The number of hydrogen-bond donors (Lipinski definition) is 3. The molecule has 0 heterocycles. The number of nitrogens with one attached hydrogen (secondary N) is 1. The normalized spacial score (nSPS) is 12.7. The van der Waals surface area contributed by atoms with Crippen LogP contribution >= 0.6 is 0 Å². The number of hydrogen-bond acceptors (Lipinski definition) is 5. The molecule has 0 fully saturated rings. The molecule has 1 amide bonds. The van der Waals surface area contributed by atoms with Gasteiger partial charge in [-0.05, 0) is 89.9 Å². The summed E-state index contributed by atoms with van der Waals surface area (Å²) in [4.78, 5) is 24.7. The first kappa shape index (κ1) is 83.8. The molecule has 506 valence electrons. The number of ether oxygens (including phenoxy) is 1. The Morgan fingerprint density at radius 2 is 0.581 bits per heavy atom. The Hall–Kier alpha value is -2.18. The molecule has 86 heavy (non-hydrogen) atoms. The van der Waals surface area contributed by atoms with E-state index in [0.717, 1.165) is 51.4 Å². The first-order valence-electron chi connectivity index (χ1n) is 38.9. The molecule has 6 heteroatoms. The molecule has 6 nitrogen and oxygen atoms in total. The largest absolute Gasteiger partial charge is 0.466 e. The Morgan fingerprint density at radius 1 is 0.326 bits per heavy atom. The van der Waals surface area contributed by atoms with E-state index in [4.69, 9.17) is 4.74 Å². The molecule has 0 spiro atoms. The van der Waals surface area contributed by atoms with Crippen molar-refractivity contribution in [3.8, 4) is 0 Å². The van der Waals surface area contributed by atoms with Gasteiger partial charge in [0.15, 0.2) is 0 Å². The first-order chi connectivity index (χ1) is 42.5. The third-order valence-corrected chi connectivity index (χ3v) is 18.1. The van der Waals surface area contributed by atoms with Gasteiger partial charge in [0.1, 0.15) is 0 Å². The van der Waals surface area contributed by atoms with Crippen molar-refractivity contribution >= 4 is 11.9 Å². The van der Waals surface area contributed by atoms with Crippen LogP contribution in [0.1, 0.15) is 425 Å². The Bertz CT molecular complexity index is 1440. The number of rotatable bonds is 73. The second-order valence-electron chi connectivity index (χ2n) is 26.7. The molecular formula is C80H151NO5. The summed E-state index contributed by atoms with van der Waals surface area (Å²) < 4.78 is 5.51. The average Bonchev–Trinajstić information content (AvgIpc) is 3.54. The predicted molar refractivity (Wildman–Crippen MR) is 379 cm³/mol. The standard InChI is InChI=1S/C80H151NO5/c1-3-5-7-9-11-13-15-17-19-21-23-33-37-40-44-48-52-56-60-64-68-72-78(83)77(76-82)81-79(84)73-69-65-61-57-53-49-45-41-38-34-31-29-27-25-24-26-28-30-32-35-39-43-47-51-55-59-63-67-71-75-86-80(85)74-70-66-62-58-54-50-46-42-36-22-20-18-16-14-12-10-8-6-4-2/h18,20,24,26,30,32,68,72,77-78,82-83H,3-17,19,21-23,25,27-29,31,33-67,69-71,73-76H2,1-2H3,(H,81,84)/b20-18-,26-24-,32-30-,72-68+. The van der Waals surface area contributed by atoms with E-state index < -0.39 is 12.1 Å². The fourth-order valence-electron chi connectivity index (χ4n) is 12.1. The zero-order chi connectivity index (χ0) is 62.0. The summed E-state index contributed by atoms with van der Waals surface area (Å²) >= 11 is 0. The fourth-order valence-corrected chi connectivity index (χ4v) is 12.1. The Kier molecular flexibility index (Phi) is 73.4. The van der Waals surface area contributed by atoms with Gasteiger partial charge in [-0.15, -0.1) is 0 Å². The van der Waals surface area contributed by atoms with Crippen LogP contribution in [0.25, 0.3) is 0 Å². The molecule has 0 aliphatic carbocycles. The van der Waals surface area contributed by atoms with Crippen LogP contribution in [0.5, 0.6) is 0 Å². The van der Waals surface area contributed by atoms with Crippen LogP contribution in [0, 0.1) is 0 Å². The maximum absolute atomic E-state index is 12.5. The van der Waals surface area contributed by atoms with Crippen molar-refractivity contribution in [3.05, 3.63) is 48.6 Å². The number of carbonyl (C=O) groups excluding carboxylic acids is 2. The number of allylic oxidation sites excluding steroid dienone is 7. The van der Waals surface area contributed by atoms with Gasteiger partial charge in [-0.25, -0.2) is 0 Å². The lowest BCUT2D eigenvalue weighted by Crippen LogP contribution is -2.45. The minimum absolute atomic E-state index is 0.0118. The summed E-state index contributed by atoms with van der Waals surface area (Å²) in [6.07, 6.45) is 99.3. The Morgan fingerprint density at radius 3 is 0.895 bits per heavy atom. The molecule has 0 aromatic rings. The van der Waals surface area contributed by atoms with Gasteiger partial charge >= 0.3 is 5.97 Å². The number of aliphatic hydroxyl groups excluding tert-OH is 2. The highest BCUT2D eigenvalue weighted by atomic mass is 16.5. The van der Waals surface area contributed by atoms with E-state index in [1.807, 2.05) is 6.08 Å². The van der Waals surface area contributed by atoms with Gasteiger partial charge in [-0.1, -0.05) is 371 Å². The number of unbranched alkanes of at least 4 members (excludes halogenated alkanes) is 56. The van der Waals surface area contributed by atoms with Crippen molar-refractivity contribution in [1.82, 2.24) is 5.32 Å². The molecule has 0 saturated carbocycles. The fraction of sp³-hybridized carbons (Fsp3) is 0.875. The van der Waals surface area contributed by atoms with Crippen LogP contribution in [0.3, 0.4) is 0 Å². The summed E-state index contributed by atoms with van der Waals surface area (Å²) in [6.45, 7) is 4.94. The van der Waals surface area contributed by atoms with E-state index in [2.05, 4.69) is 55.6 Å². The van der Waals surface area contributed by atoms with E-state index >= 15 is 0 Å². The SMILES string of the molecule is CCCCCCCC/C=C\CCCCCCCCCCCC(=O)OCCCCCCCCCCC/C=C\C/C=C\CCCCCCCCCCCCCCCC(=O)NC(CO)C(O)/C=C/CCCCCCCCCCCCCCCCCCCCC. The lowest BCUT2D eigenvalue weighted by atomic mass is 10.0. The molecule has 0 rings (SSSR count). The summed E-state index contributed by atoms with van der Waals surface area (Å²) in [6, 6.07) is -0.631. The maximum Gasteiger partial charge on any atom is 0.305 e. The van der Waals surface area contributed by atoms with Crippen molar-refractivity contribution in [2.24, 2.45) is 0 Å². The van der Waals surface area contributed by atoms with Crippen LogP contribution in [-0.4, -0.2) is 47.4 Å². The Labute approximate surface area is 537 Å². The van der Waals surface area contributed by atoms with Crippen LogP contribution < -0.4 is 5.32 Å². The van der Waals surface area contributed by atoms with Gasteiger partial charge in [0.25, 0.3) is 0 Å². The second kappa shape index (κ2) is 75.3. The zero-order valence-electron chi connectivity index (χ0n) is 58.1. The second-order valence-corrected chi connectivity index (χ2v) is 26.7. The number of amides is 1. The topological polar surface area (TPSA) is 95.9 Å². The van der Waals surface area contributed by atoms with E-state index in [1.54, 1.807) is 6.08 Å². The molecule has 3 N–H and O–H groups in total. The molecule has 0 radical (unpaired) electrons. The third-order valence-electron chi connectivity index (χ3n) is 18.1. The molecular weight excluding hydrogens is 1050 g/mol. The van der Waals surface area contributed by atoms with Gasteiger partial charge in [0.2, 0.25) is 5.91 Å². The number of carbonyl (C=O) groups is 2. The molecule has 0 aromatic carbocycles. The first-order valence-corrected chi connectivity index (χ1v) is 38.9. The highest BCUT2D eigenvalue weighted by molar-refractivity contribution is 5.76. The van der Waals surface area contributed by atoms with Crippen LogP contribution in [0.2, 0.25) is 0 Å². The van der Waals surface area contributed by atoms with E-state index in [9.17, 15) is 19.8 Å². The highest BCUT2D eigenvalue weighted by Gasteiger charge is 2.18. The van der Waals surface area contributed by atoms with E-state index in [0.29, 0.717) is 19.4 Å². The molecule has 0 saturated heterocycles. The van der Waals surface area contributed by atoms with Crippen LogP contribution in [-0.2, 0) is 14.3 Å². The number of aliphatic hydroxyl groups is 2. The van der Waals surface area contributed by atoms with E-state index in [-0.39, 0.29) is 18.5 Å². The van der Waals surface area contributed by atoms with Crippen molar-refractivity contribution in [3.63, 3.8) is 0 Å². The van der Waals surface area contributed by atoms with Gasteiger partial charge < -0.3 is 20.3 Å². The lowest BCUT2D eigenvalue weighted by molar-refractivity contribution is -0.143. The molecule has 2 atom stereocenters. The van der Waals surface area contributed by atoms with Gasteiger partial charge in [0, 0.05) is 12.8 Å². The lowest BCUT2D eigenvalue weighted by Gasteiger charge is -2.20. The van der Waals surface area contributed by atoms with Gasteiger partial charge in [0.05, 0.1) is 25.4 Å². The Balaban J connectivity index is 3.42. The summed E-state index contributed by atoms with van der Waals surface area (Å²) in [7, 11) is 0. The molecule has 0 bridgehead atoms. The minimum Gasteiger partial charge on any atom is -0.466 e. The van der Waals surface area contributed by atoms with Crippen molar-refractivity contribution < 1.29 is 24.5 Å². The van der Waals surface area contributed by atoms with Gasteiger partial charge in [-0.2, -0.15) is 0 Å². The van der Waals surface area contributed by atoms with E-state index in [1.165, 1.54) is 347 Å². The highest BCUT2D eigenvalue weighted by Crippen LogP contribution is 2.19. The zero-order valence-corrected chi connectivity index (χ0v) is 58.1. The van der Waals surface area contributed by atoms with Crippen LogP contribution in [0.15, 0.2) is 48.6 Å². The van der Waals surface area contributed by atoms with Crippen LogP contribution in [0.4, 0.5) is 0 Å². The smallest absolute Gasteiger partial charge is 0.305 e. The molecule has 0 aromatic heterocycles. The maximum atomic E-state index is 12.5. The summed E-state index contributed by atoms with van der Waals surface area (Å²) in [5, 5.41) is 23.3.